The lowest BCUT2D eigenvalue weighted by molar-refractivity contribution is 0.395. The summed E-state index contributed by atoms with van der Waals surface area (Å²) in [7, 11) is -0.630. The molecular formula is C58H49N2P. The minimum absolute atomic E-state index is 0.00559. The first kappa shape index (κ1) is 36.5. The van der Waals surface area contributed by atoms with Crippen molar-refractivity contribution >= 4 is 74.8 Å². The van der Waals surface area contributed by atoms with E-state index in [0.29, 0.717) is 11.8 Å². The highest BCUT2D eigenvalue weighted by molar-refractivity contribution is 7.71. The van der Waals surface area contributed by atoms with Gasteiger partial charge in [-0.15, -0.1) is 5.73 Å². The first-order valence-electron chi connectivity index (χ1n) is 22.3. The van der Waals surface area contributed by atoms with Gasteiger partial charge in [0.2, 0.25) is 0 Å². The Morgan fingerprint density at radius 3 is 2.26 bits per heavy atom. The third-order valence-electron chi connectivity index (χ3n) is 14.1. The second kappa shape index (κ2) is 14.4. The van der Waals surface area contributed by atoms with Crippen molar-refractivity contribution in [3.05, 3.63) is 208 Å². The van der Waals surface area contributed by atoms with E-state index in [4.69, 9.17) is 0 Å². The molecule has 61 heavy (non-hydrogen) atoms. The summed E-state index contributed by atoms with van der Waals surface area (Å²) in [6.45, 7) is 5.96. The smallest absolute Gasteiger partial charge is 0.0534 e. The van der Waals surface area contributed by atoms with Gasteiger partial charge in [0.25, 0.3) is 0 Å². The van der Waals surface area contributed by atoms with Crippen molar-refractivity contribution in [2.45, 2.75) is 46.0 Å². The van der Waals surface area contributed by atoms with Crippen LogP contribution in [0, 0.1) is 17.3 Å². The predicted molar refractivity (Wildman–Crippen MR) is 263 cm³/mol. The molecule has 296 valence electrons. The molecule has 1 fully saturated rings. The van der Waals surface area contributed by atoms with Crippen LogP contribution in [0.1, 0.15) is 61.8 Å². The second-order valence-corrected chi connectivity index (χ2v) is 20.2. The fraction of sp³-hybridized carbons (Fsp3) is 0.190. The van der Waals surface area contributed by atoms with Crippen LogP contribution in [0.3, 0.4) is 0 Å². The Morgan fingerprint density at radius 2 is 1.48 bits per heavy atom. The summed E-state index contributed by atoms with van der Waals surface area (Å²) in [6.07, 6.45) is 32.1. The van der Waals surface area contributed by atoms with Gasteiger partial charge < -0.3 is 9.80 Å². The normalized spacial score (nSPS) is 21.2. The number of allylic oxidation sites excluding steroid dienone is 11. The van der Waals surface area contributed by atoms with Crippen LogP contribution in [0.25, 0.3) is 44.6 Å². The quantitative estimate of drug-likeness (QED) is 0.160. The number of nitrogens with zero attached hydrogens (tertiary/aromatic N) is 2. The predicted octanol–water partition coefficient (Wildman–Crippen LogP) is 16.1. The Bertz CT molecular complexity index is 3080. The highest BCUT2D eigenvalue weighted by atomic mass is 31.1. The standard InChI is InChI=1S/C58H49N2P/c1-58(2)51-36-40(24-30-47(51)48-31-28-44(38-52(48)58)59-34-12-16-41-13-6-9-19-53(41)59)23-22-39-25-32-56-49(35-39)50-37-45(29-33-57(50)61(56)46-17-4-3-5-18-46)60-54-20-10-7-14-42(54)26-27-43-15-8-11-21-55(43)60/h4,6-11,13-15,17-23,25-30,32-33,35-38,40,52H,3,5,12,16,24,34H2,1-2H3/b23-22+. The SMILES string of the molecule is CC1(C)C2=CC(/C=C/c3ccc4c(c3)c3cc(N5c6ccccc6C=Cc6ccccc65)ccc3p4C3=CCCC=C3)CC=C2C2=C=CC(N3CCCc4ccccc43)=CC21. The molecule has 3 heteroatoms. The highest BCUT2D eigenvalue weighted by Gasteiger charge is 2.46. The Balaban J connectivity index is 0.902. The van der Waals surface area contributed by atoms with E-state index in [2.05, 4.69) is 205 Å². The molecule has 0 spiro atoms. The van der Waals surface area contributed by atoms with Gasteiger partial charge in [-0.1, -0.05) is 143 Å². The summed E-state index contributed by atoms with van der Waals surface area (Å²) in [6, 6.07) is 41.1. The van der Waals surface area contributed by atoms with Gasteiger partial charge in [-0.2, -0.15) is 0 Å². The van der Waals surface area contributed by atoms with Gasteiger partial charge >= 0.3 is 0 Å². The van der Waals surface area contributed by atoms with Crippen LogP contribution >= 0.6 is 7.53 Å². The summed E-state index contributed by atoms with van der Waals surface area (Å²) in [5.41, 5.74) is 19.5. The van der Waals surface area contributed by atoms with Crippen molar-refractivity contribution in [3.63, 3.8) is 0 Å². The Labute approximate surface area is 361 Å². The maximum absolute atomic E-state index is 3.83. The van der Waals surface area contributed by atoms with Crippen molar-refractivity contribution in [3.8, 4) is 0 Å². The molecule has 1 aromatic heterocycles. The van der Waals surface area contributed by atoms with E-state index in [1.165, 1.54) is 100 Å². The van der Waals surface area contributed by atoms with E-state index >= 15 is 0 Å². The fourth-order valence-electron chi connectivity index (χ4n) is 11.0. The van der Waals surface area contributed by atoms with Gasteiger partial charge in [0.1, 0.15) is 0 Å². The minimum atomic E-state index is -0.630. The third kappa shape index (κ3) is 6.00. The lowest BCUT2D eigenvalue weighted by Gasteiger charge is -2.35. The zero-order valence-electron chi connectivity index (χ0n) is 35.0. The van der Waals surface area contributed by atoms with Gasteiger partial charge in [-0.3, -0.25) is 0 Å². The van der Waals surface area contributed by atoms with Gasteiger partial charge in [0.05, 0.1) is 11.4 Å². The maximum Gasteiger partial charge on any atom is 0.0534 e. The molecule has 0 amide bonds. The summed E-state index contributed by atoms with van der Waals surface area (Å²) < 4.78 is 0. The van der Waals surface area contributed by atoms with E-state index in [1.807, 2.05) is 0 Å². The molecule has 1 saturated carbocycles. The number of aryl methyl sites for hydroxylation is 1. The summed E-state index contributed by atoms with van der Waals surface area (Å²) in [5, 5.41) is 7.16. The van der Waals surface area contributed by atoms with Gasteiger partial charge in [0.15, 0.2) is 0 Å². The lowest BCUT2D eigenvalue weighted by atomic mass is 9.75. The molecule has 0 radical (unpaired) electrons. The van der Waals surface area contributed by atoms with Crippen molar-refractivity contribution in [1.82, 2.24) is 0 Å². The van der Waals surface area contributed by atoms with Crippen LogP contribution in [0.5, 0.6) is 0 Å². The fourth-order valence-corrected chi connectivity index (χ4v) is 13.7. The van der Waals surface area contributed by atoms with Crippen LogP contribution in [0.4, 0.5) is 22.7 Å². The number of rotatable bonds is 5. The van der Waals surface area contributed by atoms with Gasteiger partial charge in [0, 0.05) is 56.8 Å². The first-order valence-corrected chi connectivity index (χ1v) is 23.6. The summed E-state index contributed by atoms with van der Waals surface area (Å²) in [5.74, 6) is 0.666. The molecule has 3 atom stereocenters. The second-order valence-electron chi connectivity index (χ2n) is 18.0. The molecule has 3 unspecified atom stereocenters. The van der Waals surface area contributed by atoms with E-state index < -0.39 is 7.53 Å². The largest absolute Gasteiger partial charge is 0.341 e. The van der Waals surface area contributed by atoms with Crippen molar-refractivity contribution in [2.24, 2.45) is 17.3 Å². The van der Waals surface area contributed by atoms with Crippen LogP contribution in [-0.4, -0.2) is 6.54 Å². The number of anilines is 4. The summed E-state index contributed by atoms with van der Waals surface area (Å²) in [4.78, 5) is 4.99. The zero-order chi connectivity index (χ0) is 40.7. The Hall–Kier alpha value is -6.30. The molecule has 5 aromatic carbocycles. The number of benzene rings is 5. The van der Waals surface area contributed by atoms with Crippen LogP contribution in [-0.2, 0) is 6.42 Å². The number of para-hydroxylation sites is 3. The molecule has 6 aromatic rings. The minimum Gasteiger partial charge on any atom is -0.341 e. The van der Waals surface area contributed by atoms with Crippen molar-refractivity contribution in [2.75, 3.05) is 16.3 Å². The average Bonchev–Trinajstić information content (AvgIpc) is 3.67. The Kier molecular flexibility index (Phi) is 8.64. The van der Waals surface area contributed by atoms with Crippen LogP contribution in [0.15, 0.2) is 186 Å². The van der Waals surface area contributed by atoms with E-state index in [9.17, 15) is 0 Å². The lowest BCUT2D eigenvalue weighted by Crippen LogP contribution is -2.30. The van der Waals surface area contributed by atoms with E-state index in [1.54, 1.807) is 0 Å². The van der Waals surface area contributed by atoms with Crippen molar-refractivity contribution < 1.29 is 0 Å². The number of hydrogen-bond donors (Lipinski definition) is 0. The van der Waals surface area contributed by atoms with E-state index in [0.717, 1.165) is 32.2 Å². The molecule has 3 heterocycles. The zero-order valence-corrected chi connectivity index (χ0v) is 35.9. The molecule has 12 rings (SSSR count). The first-order chi connectivity index (χ1) is 30.0. The monoisotopic (exact) mass is 804 g/mol. The van der Waals surface area contributed by atoms with Crippen LogP contribution in [0.2, 0.25) is 0 Å². The van der Waals surface area contributed by atoms with Crippen molar-refractivity contribution in [1.29, 1.82) is 0 Å². The maximum atomic E-state index is 3.83. The average molecular weight is 805 g/mol. The Morgan fingerprint density at radius 1 is 0.738 bits per heavy atom. The molecule has 0 bridgehead atoms. The summed E-state index contributed by atoms with van der Waals surface area (Å²) >= 11 is 0. The molecule has 0 saturated heterocycles. The van der Waals surface area contributed by atoms with Gasteiger partial charge in [-0.25, -0.2) is 0 Å². The van der Waals surface area contributed by atoms with E-state index in [-0.39, 0.29) is 5.41 Å². The third-order valence-corrected chi connectivity index (χ3v) is 16.7. The van der Waals surface area contributed by atoms with Crippen LogP contribution < -0.4 is 9.80 Å². The molecular weight excluding hydrogens is 756 g/mol. The topological polar surface area (TPSA) is 6.48 Å². The molecule has 2 nitrogen and oxygen atoms in total. The number of hydrogen-bond acceptors (Lipinski definition) is 2. The van der Waals surface area contributed by atoms with Gasteiger partial charge in [-0.05, 0) is 136 Å². The number of fused-ring (bicyclic) bond motifs is 9. The molecule has 2 aliphatic heterocycles. The molecule has 4 aliphatic carbocycles. The molecule has 6 aliphatic rings. The highest BCUT2D eigenvalue weighted by Crippen LogP contribution is 2.59. The molecule has 0 N–H and O–H groups in total.